The summed E-state index contributed by atoms with van der Waals surface area (Å²) in [5, 5.41) is 9.90. The van der Waals surface area contributed by atoms with Crippen LogP contribution in [0.4, 0.5) is 10.1 Å². The molecule has 6 heteroatoms. The van der Waals surface area contributed by atoms with E-state index in [4.69, 9.17) is 14.5 Å². The number of hydrogen-bond donors (Lipinski definition) is 1. The third-order valence-corrected chi connectivity index (χ3v) is 8.71. The van der Waals surface area contributed by atoms with Gasteiger partial charge in [0, 0.05) is 30.6 Å². The number of ether oxygens (including phenoxy) is 2. The Labute approximate surface area is 244 Å². The zero-order chi connectivity index (χ0) is 28.8. The maximum atomic E-state index is 15.1. The summed E-state index contributed by atoms with van der Waals surface area (Å²) in [5.74, 6) is 2.09. The summed E-state index contributed by atoms with van der Waals surface area (Å²) in [6.07, 6.45) is 7.61. The van der Waals surface area contributed by atoms with Crippen molar-refractivity contribution < 1.29 is 19.0 Å². The Balaban J connectivity index is 1.27. The van der Waals surface area contributed by atoms with Gasteiger partial charge >= 0.3 is 0 Å². The number of anilines is 1. The molecule has 218 valence electrons. The van der Waals surface area contributed by atoms with Gasteiger partial charge in [-0.05, 0) is 110 Å². The second kappa shape index (κ2) is 13.4. The van der Waals surface area contributed by atoms with Crippen LogP contribution in [0.25, 0.3) is 0 Å². The summed E-state index contributed by atoms with van der Waals surface area (Å²) in [5.41, 5.74) is 7.13. The first kappa shape index (κ1) is 29.0. The number of rotatable bonds is 12. The highest BCUT2D eigenvalue weighted by Crippen LogP contribution is 2.40. The number of phenols is 1. The molecule has 1 fully saturated rings. The maximum Gasteiger partial charge on any atom is 0.165 e. The van der Waals surface area contributed by atoms with Crippen LogP contribution in [0.3, 0.4) is 0 Å². The number of methoxy groups -OCH3 is 1. The first-order valence-electron chi connectivity index (χ1n) is 15.2. The van der Waals surface area contributed by atoms with Gasteiger partial charge in [-0.1, -0.05) is 31.5 Å². The van der Waals surface area contributed by atoms with Gasteiger partial charge in [-0.2, -0.15) is 0 Å². The minimum Gasteiger partial charge on any atom is -0.508 e. The number of nitrogens with zero attached hydrogens (tertiary/aromatic N) is 2. The molecule has 41 heavy (non-hydrogen) atoms. The fourth-order valence-corrected chi connectivity index (χ4v) is 6.31. The second-order valence-corrected chi connectivity index (χ2v) is 11.3. The van der Waals surface area contributed by atoms with Gasteiger partial charge in [-0.3, -0.25) is 4.99 Å². The first-order chi connectivity index (χ1) is 20.0. The summed E-state index contributed by atoms with van der Waals surface area (Å²) in [6, 6.07) is 17.3. The molecule has 3 aromatic rings. The van der Waals surface area contributed by atoms with Crippen LogP contribution in [0.1, 0.15) is 74.1 Å². The van der Waals surface area contributed by atoms with Crippen molar-refractivity contribution in [3.05, 3.63) is 82.7 Å². The summed E-state index contributed by atoms with van der Waals surface area (Å²) in [4.78, 5) is 6.99. The molecule has 2 atom stereocenters. The van der Waals surface area contributed by atoms with Crippen molar-refractivity contribution in [3.63, 3.8) is 0 Å². The number of aryl methyl sites for hydroxylation is 1. The fraction of sp³-hybridized carbons (Fsp3) is 0.457. The van der Waals surface area contributed by atoms with E-state index in [-0.39, 0.29) is 11.6 Å². The molecular formula is C35H43FN2O3. The zero-order valence-corrected chi connectivity index (χ0v) is 24.7. The average molecular weight is 559 g/mol. The van der Waals surface area contributed by atoms with E-state index in [0.717, 1.165) is 49.2 Å². The molecule has 2 unspecified atom stereocenters. The number of aliphatic imine (C=N–C) groups is 1. The molecule has 1 N–H and O–H groups in total. The van der Waals surface area contributed by atoms with E-state index >= 15 is 4.39 Å². The molecule has 0 heterocycles. The molecule has 0 aliphatic heterocycles. The van der Waals surface area contributed by atoms with Gasteiger partial charge in [0.25, 0.3) is 0 Å². The third-order valence-electron chi connectivity index (χ3n) is 8.71. The van der Waals surface area contributed by atoms with Gasteiger partial charge in [-0.15, -0.1) is 0 Å². The lowest BCUT2D eigenvalue weighted by Crippen LogP contribution is -2.26. The number of fused-ring (bicyclic) bond motifs is 1. The average Bonchev–Trinajstić information content (AvgIpc) is 2.98. The normalized spacial score (nSPS) is 19.0. The van der Waals surface area contributed by atoms with E-state index in [1.54, 1.807) is 25.3 Å². The number of halogens is 1. The molecule has 5 rings (SSSR count). The largest absolute Gasteiger partial charge is 0.508 e. The smallest absolute Gasteiger partial charge is 0.165 e. The quantitative estimate of drug-likeness (QED) is 0.230. The van der Waals surface area contributed by atoms with Gasteiger partial charge in [0.15, 0.2) is 11.6 Å². The highest BCUT2D eigenvalue weighted by Gasteiger charge is 2.26. The number of hydrogen-bond acceptors (Lipinski definition) is 5. The first-order valence-corrected chi connectivity index (χ1v) is 15.2. The molecule has 2 aliphatic carbocycles. The lowest BCUT2D eigenvalue weighted by atomic mass is 9.79. The summed E-state index contributed by atoms with van der Waals surface area (Å²) < 4.78 is 26.4. The molecule has 0 spiro atoms. The fourth-order valence-electron chi connectivity index (χ4n) is 6.31. The van der Waals surface area contributed by atoms with Crippen LogP contribution >= 0.6 is 0 Å². The molecule has 0 amide bonds. The summed E-state index contributed by atoms with van der Waals surface area (Å²) in [6.45, 7) is 6.66. The van der Waals surface area contributed by atoms with Crippen LogP contribution in [-0.2, 0) is 19.4 Å². The summed E-state index contributed by atoms with van der Waals surface area (Å²) in [7, 11) is 1.69. The van der Waals surface area contributed by atoms with Crippen molar-refractivity contribution in [2.45, 2.75) is 71.3 Å². The molecule has 2 aliphatic rings. The SMILES string of the molecule is CCCC1CC/C1=N\CCOc1ccc(CN(CC)c2cc(OC)ccc2C2CCc3cc(O)ccc3C2)cc1F. The Kier molecular flexibility index (Phi) is 9.48. The Hall–Kier alpha value is -3.54. The molecular weight excluding hydrogens is 515 g/mol. The zero-order valence-electron chi connectivity index (χ0n) is 24.7. The summed E-state index contributed by atoms with van der Waals surface area (Å²) >= 11 is 0. The van der Waals surface area contributed by atoms with Gasteiger partial charge in [0.2, 0.25) is 0 Å². The predicted molar refractivity (Wildman–Crippen MR) is 164 cm³/mol. The van der Waals surface area contributed by atoms with E-state index in [1.165, 1.54) is 41.7 Å². The van der Waals surface area contributed by atoms with Crippen molar-refractivity contribution in [2.24, 2.45) is 10.9 Å². The van der Waals surface area contributed by atoms with E-state index in [1.807, 2.05) is 24.3 Å². The van der Waals surface area contributed by atoms with Gasteiger partial charge in [-0.25, -0.2) is 4.39 Å². The van der Waals surface area contributed by atoms with Gasteiger partial charge in [0.05, 0.1) is 13.7 Å². The molecule has 0 radical (unpaired) electrons. The van der Waals surface area contributed by atoms with Crippen molar-refractivity contribution in [2.75, 3.05) is 31.7 Å². The highest BCUT2D eigenvalue weighted by atomic mass is 19.1. The van der Waals surface area contributed by atoms with Gasteiger partial charge < -0.3 is 19.5 Å². The minimum atomic E-state index is -0.336. The Morgan fingerprint density at radius 1 is 1.00 bits per heavy atom. The lowest BCUT2D eigenvalue weighted by molar-refractivity contribution is 0.310. The monoisotopic (exact) mass is 558 g/mol. The highest BCUT2D eigenvalue weighted by molar-refractivity contribution is 5.91. The predicted octanol–water partition coefficient (Wildman–Crippen LogP) is 7.87. The molecule has 0 saturated heterocycles. The van der Waals surface area contributed by atoms with Gasteiger partial charge in [0.1, 0.15) is 18.1 Å². The number of benzene rings is 3. The van der Waals surface area contributed by atoms with E-state index in [0.29, 0.717) is 37.3 Å². The second-order valence-electron chi connectivity index (χ2n) is 11.3. The Bertz CT molecular complexity index is 1370. The van der Waals surface area contributed by atoms with Crippen molar-refractivity contribution in [1.82, 2.24) is 0 Å². The molecule has 0 aromatic heterocycles. The third kappa shape index (κ3) is 6.86. The van der Waals surface area contributed by atoms with E-state index in [2.05, 4.69) is 30.9 Å². The Morgan fingerprint density at radius 3 is 2.61 bits per heavy atom. The molecule has 1 saturated carbocycles. The van der Waals surface area contributed by atoms with Crippen LogP contribution in [0.2, 0.25) is 0 Å². The molecule has 0 bridgehead atoms. The van der Waals surface area contributed by atoms with Crippen LogP contribution in [0, 0.1) is 11.7 Å². The Morgan fingerprint density at radius 2 is 1.88 bits per heavy atom. The van der Waals surface area contributed by atoms with Crippen molar-refractivity contribution in [3.8, 4) is 17.2 Å². The standard InChI is InChI=1S/C35H43FN2O3/c1-4-6-25-11-15-33(25)37-17-18-41-35-16-7-24(19-32(35)36)23-38(5-2)34-22-30(40-3)13-14-31(34)28-9-8-27-21-29(39)12-10-26(27)20-28/h7,10,12-14,16,19,21-22,25,28,39H,4-6,8-9,11,15,17-18,20,23H2,1-3H3/b37-33+. The van der Waals surface area contributed by atoms with Crippen LogP contribution in [0.15, 0.2) is 59.6 Å². The van der Waals surface area contributed by atoms with Crippen LogP contribution in [-0.4, -0.2) is 37.6 Å². The van der Waals surface area contributed by atoms with E-state index in [9.17, 15) is 5.11 Å². The number of phenolic OH excluding ortho intramolecular Hbond substituents is 1. The maximum absolute atomic E-state index is 15.1. The van der Waals surface area contributed by atoms with Crippen molar-refractivity contribution in [1.29, 1.82) is 0 Å². The minimum absolute atomic E-state index is 0.282. The molecule has 3 aromatic carbocycles. The van der Waals surface area contributed by atoms with E-state index < -0.39 is 0 Å². The van der Waals surface area contributed by atoms with Crippen LogP contribution < -0.4 is 14.4 Å². The lowest BCUT2D eigenvalue weighted by Gasteiger charge is -2.32. The molecule has 5 nitrogen and oxygen atoms in total. The number of aromatic hydroxyl groups is 1. The topological polar surface area (TPSA) is 54.3 Å². The van der Waals surface area contributed by atoms with Crippen molar-refractivity contribution >= 4 is 11.4 Å². The van der Waals surface area contributed by atoms with Crippen LogP contribution in [0.5, 0.6) is 17.2 Å².